The van der Waals surface area contributed by atoms with Gasteiger partial charge in [0.15, 0.2) is 0 Å². The van der Waals surface area contributed by atoms with Crippen LogP contribution >= 0.6 is 7.82 Å². The van der Waals surface area contributed by atoms with Gasteiger partial charge in [0.25, 0.3) is 0 Å². The van der Waals surface area contributed by atoms with Gasteiger partial charge in [-0.25, -0.2) is 4.57 Å². The summed E-state index contributed by atoms with van der Waals surface area (Å²) in [7, 11) is -4.39. The molecule has 0 saturated carbocycles. The molecule has 0 aromatic heterocycles. The Morgan fingerprint density at radius 2 is 1.36 bits per heavy atom. The molecule has 0 heterocycles. The van der Waals surface area contributed by atoms with Crippen LogP contribution in [-0.4, -0.2) is 54.3 Å². The zero-order chi connectivity index (χ0) is 31.2. The Morgan fingerprint density at radius 3 is 2.05 bits per heavy atom. The fourth-order valence-corrected chi connectivity index (χ4v) is 4.68. The van der Waals surface area contributed by atoms with E-state index in [4.69, 9.17) is 13.8 Å². The molecule has 0 aliphatic heterocycles. The van der Waals surface area contributed by atoms with Crippen LogP contribution in [0.4, 0.5) is 0 Å². The second-order valence-corrected chi connectivity index (χ2v) is 11.9. The maximum absolute atomic E-state index is 12.0. The molecule has 0 bridgehead atoms. The minimum atomic E-state index is -4.39. The number of phosphoric ester groups is 1. The highest BCUT2D eigenvalue weighted by atomic mass is 31.2. The molecule has 0 aliphatic rings. The maximum Gasteiger partial charge on any atom is 0.472 e. The SMILES string of the molecule is CC/C=C\C/C=C\C/C=C\CCCCCCCCCC(=O)NCCOP(=O)(O)OCC(O)COC(=O)CCCCCC. The predicted octanol–water partition coefficient (Wildman–Crippen LogP) is 7.48. The first-order valence-electron chi connectivity index (χ1n) is 16.0. The van der Waals surface area contributed by atoms with E-state index in [0.717, 1.165) is 70.6 Å². The van der Waals surface area contributed by atoms with E-state index in [1.165, 1.54) is 25.7 Å². The topological polar surface area (TPSA) is 131 Å². The number of amides is 1. The zero-order valence-corrected chi connectivity index (χ0v) is 27.1. The number of aliphatic hydroxyl groups is 1. The molecule has 9 nitrogen and oxygen atoms in total. The Balaban J connectivity index is 3.63. The predicted molar refractivity (Wildman–Crippen MR) is 169 cm³/mol. The van der Waals surface area contributed by atoms with E-state index in [-0.39, 0.29) is 32.1 Å². The van der Waals surface area contributed by atoms with Crippen LogP contribution in [0, 0.1) is 0 Å². The van der Waals surface area contributed by atoms with Crippen molar-refractivity contribution < 1.29 is 37.9 Å². The van der Waals surface area contributed by atoms with Crippen LogP contribution in [0.15, 0.2) is 36.5 Å². The molecule has 42 heavy (non-hydrogen) atoms. The van der Waals surface area contributed by atoms with E-state index in [0.29, 0.717) is 6.42 Å². The molecule has 0 radical (unpaired) electrons. The lowest BCUT2D eigenvalue weighted by molar-refractivity contribution is -0.147. The molecule has 0 rings (SSSR count). The van der Waals surface area contributed by atoms with Gasteiger partial charge in [0.05, 0.1) is 13.2 Å². The van der Waals surface area contributed by atoms with Crippen molar-refractivity contribution in [3.05, 3.63) is 36.5 Å². The normalized spacial score (nSPS) is 14.1. The van der Waals surface area contributed by atoms with Crippen molar-refractivity contribution in [1.82, 2.24) is 5.32 Å². The van der Waals surface area contributed by atoms with E-state index in [9.17, 15) is 24.2 Å². The number of ether oxygens (including phenoxy) is 1. The standard InChI is InChI=1S/C32H58NO8P/c1-3-5-7-9-10-11-12-13-14-15-16-17-18-19-20-21-22-24-31(35)33-26-27-40-42(37,38)41-29-30(34)28-39-32(36)25-23-8-6-4-2/h5,7,10-11,13-14,30,34H,3-4,6,8-9,12,15-29H2,1-2H3,(H,33,35)(H,37,38)/b7-5-,11-10-,14-13-. The van der Waals surface area contributed by atoms with E-state index in [2.05, 4.69) is 55.6 Å². The molecule has 0 aromatic carbocycles. The summed E-state index contributed by atoms with van der Waals surface area (Å²) in [5, 5.41) is 12.5. The lowest BCUT2D eigenvalue weighted by Crippen LogP contribution is -2.27. The number of hydrogen-bond donors (Lipinski definition) is 3. The monoisotopic (exact) mass is 615 g/mol. The first kappa shape index (κ1) is 40.2. The number of hydrogen-bond acceptors (Lipinski definition) is 7. The lowest BCUT2D eigenvalue weighted by atomic mass is 10.1. The summed E-state index contributed by atoms with van der Waals surface area (Å²) >= 11 is 0. The number of carbonyl (C=O) groups excluding carboxylic acids is 2. The largest absolute Gasteiger partial charge is 0.472 e. The smallest absolute Gasteiger partial charge is 0.463 e. The second-order valence-electron chi connectivity index (χ2n) is 10.4. The average Bonchev–Trinajstić information content (AvgIpc) is 2.97. The Labute approximate surface area is 254 Å². The van der Waals surface area contributed by atoms with Gasteiger partial charge in [0.2, 0.25) is 5.91 Å². The first-order chi connectivity index (χ1) is 20.3. The minimum Gasteiger partial charge on any atom is -0.463 e. The summed E-state index contributed by atoms with van der Waals surface area (Å²) < 4.78 is 26.4. The van der Waals surface area contributed by atoms with E-state index in [1.54, 1.807) is 0 Å². The number of nitrogens with one attached hydrogen (secondary N) is 1. The quantitative estimate of drug-likeness (QED) is 0.0342. The number of esters is 1. The highest BCUT2D eigenvalue weighted by Crippen LogP contribution is 2.42. The molecule has 10 heteroatoms. The molecular weight excluding hydrogens is 557 g/mol. The molecule has 2 unspecified atom stereocenters. The van der Waals surface area contributed by atoms with Gasteiger partial charge >= 0.3 is 13.8 Å². The van der Waals surface area contributed by atoms with Crippen LogP contribution in [-0.2, 0) is 27.9 Å². The van der Waals surface area contributed by atoms with Crippen molar-refractivity contribution in [2.75, 3.05) is 26.4 Å². The molecule has 0 aliphatic carbocycles. The van der Waals surface area contributed by atoms with Crippen molar-refractivity contribution in [2.45, 2.75) is 129 Å². The van der Waals surface area contributed by atoms with Gasteiger partial charge in [-0.1, -0.05) is 102 Å². The number of unbranched alkanes of at least 4 members (excludes halogenated alkanes) is 10. The summed E-state index contributed by atoms with van der Waals surface area (Å²) in [6, 6.07) is 0. The zero-order valence-electron chi connectivity index (χ0n) is 26.2. The van der Waals surface area contributed by atoms with Gasteiger partial charge in [0, 0.05) is 19.4 Å². The van der Waals surface area contributed by atoms with E-state index < -0.39 is 26.5 Å². The van der Waals surface area contributed by atoms with E-state index >= 15 is 0 Å². The minimum absolute atomic E-state index is 0.0754. The van der Waals surface area contributed by atoms with Crippen LogP contribution in [0.1, 0.15) is 123 Å². The van der Waals surface area contributed by atoms with Crippen LogP contribution in [0.5, 0.6) is 0 Å². The molecule has 1 amide bonds. The fourth-order valence-electron chi connectivity index (χ4n) is 3.92. The van der Waals surface area contributed by atoms with Gasteiger partial charge < -0.3 is 20.1 Å². The van der Waals surface area contributed by atoms with Crippen LogP contribution < -0.4 is 5.32 Å². The molecule has 0 aromatic rings. The summed E-state index contributed by atoms with van der Waals surface area (Å²) in [6.45, 7) is 3.25. The summed E-state index contributed by atoms with van der Waals surface area (Å²) in [6.07, 6.45) is 28.5. The van der Waals surface area contributed by atoms with Gasteiger partial charge in [-0.05, 0) is 44.9 Å². The van der Waals surface area contributed by atoms with Crippen molar-refractivity contribution in [3.63, 3.8) is 0 Å². The van der Waals surface area contributed by atoms with Gasteiger partial charge in [-0.15, -0.1) is 0 Å². The molecule has 0 fully saturated rings. The molecule has 0 saturated heterocycles. The van der Waals surface area contributed by atoms with Crippen molar-refractivity contribution >= 4 is 19.7 Å². The molecule has 244 valence electrons. The number of rotatable bonds is 29. The maximum atomic E-state index is 12.0. The Morgan fingerprint density at radius 1 is 0.762 bits per heavy atom. The Hall–Kier alpha value is -1.77. The highest BCUT2D eigenvalue weighted by molar-refractivity contribution is 7.47. The van der Waals surface area contributed by atoms with Crippen LogP contribution in [0.3, 0.4) is 0 Å². The first-order valence-corrected chi connectivity index (χ1v) is 17.5. The number of phosphoric acid groups is 1. The van der Waals surface area contributed by atoms with Crippen LogP contribution in [0.2, 0.25) is 0 Å². The molecule has 0 spiro atoms. The molecular formula is C32H58NO8P. The lowest BCUT2D eigenvalue weighted by Gasteiger charge is -2.15. The number of allylic oxidation sites excluding steroid dienone is 6. The van der Waals surface area contributed by atoms with Crippen molar-refractivity contribution in [1.29, 1.82) is 0 Å². The number of aliphatic hydroxyl groups excluding tert-OH is 1. The van der Waals surface area contributed by atoms with Crippen LogP contribution in [0.25, 0.3) is 0 Å². The van der Waals surface area contributed by atoms with E-state index in [1.807, 2.05) is 0 Å². The fraction of sp³-hybridized carbons (Fsp3) is 0.750. The Bertz CT molecular complexity index is 799. The third-order valence-electron chi connectivity index (χ3n) is 6.33. The average molecular weight is 616 g/mol. The molecule has 2 atom stereocenters. The van der Waals surface area contributed by atoms with Gasteiger partial charge in [-0.2, -0.15) is 0 Å². The van der Waals surface area contributed by atoms with Gasteiger partial charge in [-0.3, -0.25) is 18.6 Å². The Kier molecular flexibility index (Phi) is 28.1. The third kappa shape index (κ3) is 29.7. The van der Waals surface area contributed by atoms with Crippen molar-refractivity contribution in [2.24, 2.45) is 0 Å². The molecule has 3 N–H and O–H groups in total. The summed E-state index contributed by atoms with van der Waals surface area (Å²) in [5.74, 6) is -0.549. The highest BCUT2D eigenvalue weighted by Gasteiger charge is 2.23. The second kappa shape index (κ2) is 29.3. The van der Waals surface area contributed by atoms with Gasteiger partial charge in [0.1, 0.15) is 12.7 Å². The number of carbonyl (C=O) groups is 2. The third-order valence-corrected chi connectivity index (χ3v) is 7.32. The summed E-state index contributed by atoms with van der Waals surface area (Å²) in [5.41, 5.74) is 0. The summed E-state index contributed by atoms with van der Waals surface area (Å²) in [4.78, 5) is 33.3. The van der Waals surface area contributed by atoms with Crippen molar-refractivity contribution in [3.8, 4) is 0 Å².